The smallest absolute Gasteiger partial charge is 0.124 e. The number of halogens is 3. The summed E-state index contributed by atoms with van der Waals surface area (Å²) in [4.78, 5) is 0. The van der Waals surface area contributed by atoms with Crippen LogP contribution in [0, 0.1) is 5.82 Å². The number of alkyl halides is 1. The molecule has 0 heterocycles. The highest BCUT2D eigenvalue weighted by atomic mass is 35.5. The number of hydrogen-bond donors (Lipinski definition) is 1. The molecule has 0 aromatic heterocycles. The first-order chi connectivity index (χ1) is 9.16. The van der Waals surface area contributed by atoms with Crippen LogP contribution in [0.3, 0.4) is 0 Å². The van der Waals surface area contributed by atoms with Crippen molar-refractivity contribution in [1.29, 1.82) is 0 Å². The molecule has 1 atom stereocenters. The first kappa shape index (κ1) is 14.3. The van der Waals surface area contributed by atoms with Gasteiger partial charge in [0.25, 0.3) is 0 Å². The molecular formula is C15H14Cl2FN. The van der Waals surface area contributed by atoms with Crippen LogP contribution >= 0.6 is 23.2 Å². The van der Waals surface area contributed by atoms with Crippen LogP contribution in [-0.4, -0.2) is 6.54 Å². The Kier molecular flexibility index (Phi) is 5.20. The Morgan fingerprint density at radius 1 is 1.11 bits per heavy atom. The number of benzene rings is 2. The molecule has 0 radical (unpaired) electrons. The van der Waals surface area contributed by atoms with Crippen molar-refractivity contribution in [2.75, 3.05) is 6.54 Å². The van der Waals surface area contributed by atoms with Gasteiger partial charge in [-0.25, -0.2) is 4.39 Å². The number of nitrogens with one attached hydrogen (secondary N) is 1. The van der Waals surface area contributed by atoms with Crippen molar-refractivity contribution in [3.8, 4) is 0 Å². The monoisotopic (exact) mass is 297 g/mol. The third-order valence-electron chi connectivity index (χ3n) is 2.82. The van der Waals surface area contributed by atoms with Crippen molar-refractivity contribution in [2.24, 2.45) is 0 Å². The second kappa shape index (κ2) is 6.90. The van der Waals surface area contributed by atoms with Gasteiger partial charge in [-0.3, -0.25) is 0 Å². The molecule has 19 heavy (non-hydrogen) atoms. The minimum Gasteiger partial charge on any atom is -0.311 e. The maximum atomic E-state index is 12.9. The molecule has 0 bridgehead atoms. The van der Waals surface area contributed by atoms with Crippen LogP contribution in [0.15, 0.2) is 48.5 Å². The molecule has 2 rings (SSSR count). The maximum absolute atomic E-state index is 12.9. The van der Waals surface area contributed by atoms with Crippen LogP contribution in [0.1, 0.15) is 16.5 Å². The van der Waals surface area contributed by atoms with Crippen LogP contribution in [0.5, 0.6) is 0 Å². The molecule has 2 aromatic rings. The first-order valence-corrected chi connectivity index (χ1v) is 6.82. The second-order valence-electron chi connectivity index (χ2n) is 4.24. The minimum absolute atomic E-state index is 0.0968. The van der Waals surface area contributed by atoms with E-state index in [0.29, 0.717) is 18.1 Å². The van der Waals surface area contributed by atoms with E-state index in [1.165, 1.54) is 12.1 Å². The van der Waals surface area contributed by atoms with Crippen molar-refractivity contribution in [2.45, 2.75) is 11.9 Å². The largest absolute Gasteiger partial charge is 0.311 e. The quantitative estimate of drug-likeness (QED) is 0.799. The molecule has 2 aromatic carbocycles. The van der Waals surface area contributed by atoms with Crippen molar-refractivity contribution in [3.63, 3.8) is 0 Å². The topological polar surface area (TPSA) is 12.0 Å². The normalized spacial score (nSPS) is 12.4. The van der Waals surface area contributed by atoms with Gasteiger partial charge in [0.05, 0.1) is 5.38 Å². The average molecular weight is 298 g/mol. The summed E-state index contributed by atoms with van der Waals surface area (Å²) < 4.78 is 12.9. The van der Waals surface area contributed by atoms with Gasteiger partial charge in [-0.05, 0) is 23.3 Å². The van der Waals surface area contributed by atoms with Crippen LogP contribution in [0.25, 0.3) is 0 Å². The molecule has 0 fully saturated rings. The summed E-state index contributed by atoms with van der Waals surface area (Å²) in [5.41, 5.74) is 1.93. The van der Waals surface area contributed by atoms with Crippen molar-refractivity contribution in [3.05, 3.63) is 70.5 Å². The zero-order valence-electron chi connectivity index (χ0n) is 10.2. The number of hydrogen-bond acceptors (Lipinski definition) is 1. The Bertz CT molecular complexity index is 531. The van der Waals surface area contributed by atoms with Gasteiger partial charge >= 0.3 is 0 Å². The molecule has 100 valence electrons. The zero-order valence-corrected chi connectivity index (χ0v) is 11.8. The van der Waals surface area contributed by atoms with E-state index in [-0.39, 0.29) is 11.2 Å². The maximum Gasteiger partial charge on any atom is 0.124 e. The van der Waals surface area contributed by atoms with Crippen molar-refractivity contribution in [1.82, 2.24) is 5.32 Å². The summed E-state index contributed by atoms with van der Waals surface area (Å²) in [5.74, 6) is -0.326. The summed E-state index contributed by atoms with van der Waals surface area (Å²) in [6.45, 7) is 1.19. The van der Waals surface area contributed by atoms with E-state index in [4.69, 9.17) is 23.2 Å². The standard InChI is InChI=1S/C15H14Cl2FN/c16-14-8-13(18)7-6-12(14)9-19-10-15(17)11-4-2-1-3-5-11/h1-8,15,19H,9-10H2. The molecule has 0 spiro atoms. The average Bonchev–Trinajstić information content (AvgIpc) is 2.42. The third-order valence-corrected chi connectivity index (χ3v) is 3.57. The predicted molar refractivity (Wildman–Crippen MR) is 78.2 cm³/mol. The molecule has 1 unspecified atom stereocenters. The lowest BCUT2D eigenvalue weighted by molar-refractivity contribution is 0.624. The summed E-state index contributed by atoms with van der Waals surface area (Å²) in [6.07, 6.45) is 0. The Hall–Kier alpha value is -1.09. The predicted octanol–water partition coefficient (Wildman–Crippen LogP) is 4.55. The van der Waals surface area contributed by atoms with Crippen LogP contribution in [0.4, 0.5) is 4.39 Å². The van der Waals surface area contributed by atoms with Crippen LogP contribution in [0.2, 0.25) is 5.02 Å². The molecule has 1 nitrogen and oxygen atoms in total. The highest BCUT2D eigenvalue weighted by molar-refractivity contribution is 6.31. The fourth-order valence-electron chi connectivity index (χ4n) is 1.78. The molecule has 0 aliphatic rings. The van der Waals surface area contributed by atoms with Gasteiger partial charge < -0.3 is 5.32 Å². The highest BCUT2D eigenvalue weighted by Crippen LogP contribution is 2.20. The van der Waals surface area contributed by atoms with E-state index < -0.39 is 0 Å². The molecule has 1 N–H and O–H groups in total. The molecule has 0 amide bonds. The summed E-state index contributed by atoms with van der Waals surface area (Å²) in [7, 11) is 0. The van der Waals surface area contributed by atoms with Gasteiger partial charge in [-0.1, -0.05) is 48.0 Å². The van der Waals surface area contributed by atoms with Gasteiger partial charge in [-0.15, -0.1) is 11.6 Å². The van der Waals surface area contributed by atoms with E-state index in [1.807, 2.05) is 30.3 Å². The van der Waals surface area contributed by atoms with E-state index in [2.05, 4.69) is 5.32 Å². The van der Waals surface area contributed by atoms with Crippen molar-refractivity contribution >= 4 is 23.2 Å². The Labute approximate surface area is 122 Å². The molecule has 0 saturated heterocycles. The van der Waals surface area contributed by atoms with Gasteiger partial charge in [0.15, 0.2) is 0 Å². The molecule has 4 heteroatoms. The van der Waals surface area contributed by atoms with E-state index >= 15 is 0 Å². The fraction of sp³-hybridized carbons (Fsp3) is 0.200. The molecule has 0 aliphatic carbocycles. The second-order valence-corrected chi connectivity index (χ2v) is 5.18. The van der Waals surface area contributed by atoms with E-state index in [9.17, 15) is 4.39 Å². The summed E-state index contributed by atoms with van der Waals surface area (Å²) >= 11 is 12.2. The lowest BCUT2D eigenvalue weighted by Gasteiger charge is -2.12. The van der Waals surface area contributed by atoms with E-state index in [0.717, 1.165) is 11.1 Å². The Morgan fingerprint density at radius 3 is 2.53 bits per heavy atom. The first-order valence-electron chi connectivity index (χ1n) is 6.00. The number of rotatable bonds is 5. The SMILES string of the molecule is Fc1ccc(CNCC(Cl)c2ccccc2)c(Cl)c1. The van der Waals surface area contributed by atoms with Gasteiger partial charge in [0.1, 0.15) is 5.82 Å². The van der Waals surface area contributed by atoms with E-state index in [1.54, 1.807) is 6.07 Å². The van der Waals surface area contributed by atoms with Crippen LogP contribution in [-0.2, 0) is 6.54 Å². The zero-order chi connectivity index (χ0) is 13.7. The van der Waals surface area contributed by atoms with Crippen molar-refractivity contribution < 1.29 is 4.39 Å². The van der Waals surface area contributed by atoms with Gasteiger partial charge in [-0.2, -0.15) is 0 Å². The summed E-state index contributed by atoms with van der Waals surface area (Å²) in [5, 5.41) is 3.55. The lowest BCUT2D eigenvalue weighted by Crippen LogP contribution is -2.18. The Morgan fingerprint density at radius 2 is 1.84 bits per heavy atom. The van der Waals surface area contributed by atoms with Gasteiger partial charge in [0.2, 0.25) is 0 Å². The lowest BCUT2D eigenvalue weighted by atomic mass is 10.1. The molecule has 0 saturated carbocycles. The Balaban J connectivity index is 1.86. The highest BCUT2D eigenvalue weighted by Gasteiger charge is 2.07. The third kappa shape index (κ3) is 4.20. The fourth-order valence-corrected chi connectivity index (χ4v) is 2.27. The summed E-state index contributed by atoms with van der Waals surface area (Å²) in [6, 6.07) is 14.2. The molecule has 0 aliphatic heterocycles. The molecular weight excluding hydrogens is 284 g/mol. The van der Waals surface area contributed by atoms with Crippen LogP contribution < -0.4 is 5.32 Å². The minimum atomic E-state index is -0.326. The van der Waals surface area contributed by atoms with Gasteiger partial charge in [0, 0.05) is 18.1 Å².